The molecule has 2 atom stereocenters. The largest absolute Gasteiger partial charge is 0.467 e. The van der Waals surface area contributed by atoms with Crippen molar-refractivity contribution in [2.75, 3.05) is 7.11 Å². The molecule has 2 rings (SSSR count). The molecule has 0 aromatic carbocycles. The zero-order chi connectivity index (χ0) is 11.5. The van der Waals surface area contributed by atoms with Crippen LogP contribution in [0.25, 0.3) is 0 Å². The lowest BCUT2D eigenvalue weighted by Crippen LogP contribution is -2.28. The van der Waals surface area contributed by atoms with E-state index < -0.39 is 6.10 Å². The van der Waals surface area contributed by atoms with Crippen molar-refractivity contribution in [3.05, 3.63) is 18.0 Å². The second-order valence-corrected chi connectivity index (χ2v) is 3.96. The van der Waals surface area contributed by atoms with Gasteiger partial charge in [0.25, 0.3) is 0 Å². The summed E-state index contributed by atoms with van der Waals surface area (Å²) in [6.07, 6.45) is 4.21. The van der Waals surface area contributed by atoms with Crippen LogP contribution in [0.4, 0.5) is 0 Å². The number of carbonyl (C=O) groups is 1. The molecular weight excluding hydrogens is 208 g/mol. The van der Waals surface area contributed by atoms with Crippen molar-refractivity contribution in [3.63, 3.8) is 0 Å². The van der Waals surface area contributed by atoms with Gasteiger partial charge < -0.3 is 9.84 Å². The van der Waals surface area contributed by atoms with Crippen LogP contribution in [0.2, 0.25) is 0 Å². The molecule has 1 saturated carbocycles. The summed E-state index contributed by atoms with van der Waals surface area (Å²) in [5, 5.41) is 9.50. The maximum absolute atomic E-state index is 11.2. The van der Waals surface area contributed by atoms with Gasteiger partial charge in [0.15, 0.2) is 5.78 Å². The fourth-order valence-electron chi connectivity index (χ4n) is 1.95. The fraction of sp³-hybridized carbons (Fsp3) is 0.545. The third-order valence-electron chi connectivity index (χ3n) is 2.92. The molecule has 1 fully saturated rings. The van der Waals surface area contributed by atoms with Gasteiger partial charge in [-0.25, -0.2) is 9.97 Å². The summed E-state index contributed by atoms with van der Waals surface area (Å²) >= 11 is 0. The number of aliphatic hydroxyl groups excluding tert-OH is 1. The fourth-order valence-corrected chi connectivity index (χ4v) is 1.95. The number of hydrogen-bond donors (Lipinski definition) is 1. The van der Waals surface area contributed by atoms with Gasteiger partial charge in [-0.05, 0) is 24.3 Å². The summed E-state index contributed by atoms with van der Waals surface area (Å²) in [6, 6.07) is 0.330. The molecule has 16 heavy (non-hydrogen) atoms. The Kier molecular flexibility index (Phi) is 3.14. The molecule has 1 aliphatic carbocycles. The second kappa shape index (κ2) is 4.57. The molecule has 0 aliphatic heterocycles. The van der Waals surface area contributed by atoms with Gasteiger partial charge in [0.1, 0.15) is 6.10 Å². The molecule has 2 unspecified atom stereocenters. The maximum Gasteiger partial charge on any atom is 0.316 e. The lowest BCUT2D eigenvalue weighted by molar-refractivity contribution is -0.129. The average molecular weight is 222 g/mol. The molecule has 1 heterocycles. The third kappa shape index (κ3) is 2.19. The van der Waals surface area contributed by atoms with Crippen LogP contribution < -0.4 is 4.74 Å². The number of aromatic nitrogens is 2. The highest BCUT2D eigenvalue weighted by Crippen LogP contribution is 2.30. The summed E-state index contributed by atoms with van der Waals surface area (Å²) < 4.78 is 4.87. The van der Waals surface area contributed by atoms with E-state index in [-0.39, 0.29) is 11.7 Å². The number of hydrogen-bond acceptors (Lipinski definition) is 5. The average Bonchev–Trinajstić information content (AvgIpc) is 2.33. The smallest absolute Gasteiger partial charge is 0.316 e. The van der Waals surface area contributed by atoms with Crippen LogP contribution in [0.15, 0.2) is 12.4 Å². The predicted molar refractivity (Wildman–Crippen MR) is 56.2 cm³/mol. The highest BCUT2D eigenvalue weighted by Gasteiger charge is 2.28. The van der Waals surface area contributed by atoms with Gasteiger partial charge in [-0.2, -0.15) is 0 Å². The molecule has 1 aromatic rings. The Morgan fingerprint density at radius 2 is 2.12 bits per heavy atom. The van der Waals surface area contributed by atoms with Crippen LogP contribution in [0.3, 0.4) is 0 Å². The summed E-state index contributed by atoms with van der Waals surface area (Å²) in [5.74, 6) is 0.101. The first-order valence-electron chi connectivity index (χ1n) is 5.27. The van der Waals surface area contributed by atoms with Crippen molar-refractivity contribution in [3.8, 4) is 6.01 Å². The number of Topliss-reactive ketones (excluding diaryl/α,β-unsaturated/α-hetero) is 1. The Balaban J connectivity index is 2.09. The Hall–Kier alpha value is -1.49. The number of nitrogens with zero attached hydrogens (tertiary/aromatic N) is 2. The van der Waals surface area contributed by atoms with E-state index in [1.54, 1.807) is 12.4 Å². The minimum absolute atomic E-state index is 0.0642. The number of carbonyl (C=O) groups excluding carboxylic acids is 1. The Morgan fingerprint density at radius 3 is 2.69 bits per heavy atom. The Morgan fingerprint density at radius 1 is 1.44 bits per heavy atom. The van der Waals surface area contributed by atoms with E-state index in [2.05, 4.69) is 9.97 Å². The normalized spacial score (nSPS) is 25.5. The monoisotopic (exact) mass is 222 g/mol. The van der Waals surface area contributed by atoms with Crippen molar-refractivity contribution in [1.82, 2.24) is 9.97 Å². The molecule has 1 aromatic heterocycles. The zero-order valence-corrected chi connectivity index (χ0v) is 9.09. The van der Waals surface area contributed by atoms with Crippen molar-refractivity contribution in [2.24, 2.45) is 0 Å². The van der Waals surface area contributed by atoms with E-state index in [0.29, 0.717) is 18.9 Å². The molecule has 0 saturated heterocycles. The zero-order valence-electron chi connectivity index (χ0n) is 9.09. The van der Waals surface area contributed by atoms with E-state index in [4.69, 9.17) is 4.74 Å². The number of methoxy groups -OCH3 is 1. The van der Waals surface area contributed by atoms with Gasteiger partial charge in [-0.3, -0.25) is 4.79 Å². The lowest BCUT2D eigenvalue weighted by Gasteiger charge is -2.24. The summed E-state index contributed by atoms with van der Waals surface area (Å²) in [5.41, 5.74) is 0.951. The third-order valence-corrected chi connectivity index (χ3v) is 2.92. The molecule has 1 aliphatic rings. The molecule has 5 heteroatoms. The summed E-state index contributed by atoms with van der Waals surface area (Å²) in [7, 11) is 1.51. The standard InChI is InChI=1S/C11H14N2O3/c1-16-11-12-5-8(6-13-11)7-2-3-9(14)10(15)4-7/h5-7,10,15H,2-4H2,1H3. The molecule has 0 bridgehead atoms. The van der Waals surface area contributed by atoms with E-state index in [0.717, 1.165) is 12.0 Å². The van der Waals surface area contributed by atoms with Crippen molar-refractivity contribution in [1.29, 1.82) is 0 Å². The van der Waals surface area contributed by atoms with Crippen molar-refractivity contribution >= 4 is 5.78 Å². The van der Waals surface area contributed by atoms with Gasteiger partial charge in [-0.15, -0.1) is 0 Å². The van der Waals surface area contributed by atoms with Gasteiger partial charge in [-0.1, -0.05) is 0 Å². The molecule has 0 radical (unpaired) electrons. The van der Waals surface area contributed by atoms with Gasteiger partial charge in [0, 0.05) is 18.8 Å². The molecule has 5 nitrogen and oxygen atoms in total. The predicted octanol–water partition coefficient (Wildman–Crippen LogP) is 0.683. The van der Waals surface area contributed by atoms with E-state index in [1.807, 2.05) is 0 Å². The number of aliphatic hydroxyl groups is 1. The Bertz CT molecular complexity index is 377. The topological polar surface area (TPSA) is 72.3 Å². The lowest BCUT2D eigenvalue weighted by atomic mass is 9.83. The summed E-state index contributed by atoms with van der Waals surface area (Å²) in [6.45, 7) is 0. The van der Waals surface area contributed by atoms with Crippen LogP contribution in [-0.4, -0.2) is 34.1 Å². The Labute approximate surface area is 93.5 Å². The molecule has 1 N–H and O–H groups in total. The highest BCUT2D eigenvalue weighted by molar-refractivity contribution is 5.83. The van der Waals surface area contributed by atoms with Crippen LogP contribution in [0, 0.1) is 0 Å². The van der Waals surface area contributed by atoms with Gasteiger partial charge in [0.2, 0.25) is 0 Å². The van der Waals surface area contributed by atoms with Crippen molar-refractivity contribution in [2.45, 2.75) is 31.3 Å². The molecular formula is C11H14N2O3. The summed E-state index contributed by atoms with van der Waals surface area (Å²) in [4.78, 5) is 19.2. The van der Waals surface area contributed by atoms with Crippen LogP contribution in [-0.2, 0) is 4.79 Å². The first-order chi connectivity index (χ1) is 7.70. The van der Waals surface area contributed by atoms with Crippen LogP contribution in [0.5, 0.6) is 6.01 Å². The SMILES string of the molecule is COc1ncc(C2CCC(=O)C(O)C2)cn1. The number of ketones is 1. The first kappa shape index (κ1) is 11.0. The first-order valence-corrected chi connectivity index (χ1v) is 5.27. The minimum atomic E-state index is -0.833. The van der Waals surface area contributed by atoms with E-state index in [1.165, 1.54) is 7.11 Å². The highest BCUT2D eigenvalue weighted by atomic mass is 16.5. The van der Waals surface area contributed by atoms with E-state index >= 15 is 0 Å². The quantitative estimate of drug-likeness (QED) is 0.796. The van der Waals surface area contributed by atoms with E-state index in [9.17, 15) is 9.90 Å². The minimum Gasteiger partial charge on any atom is -0.467 e. The number of rotatable bonds is 2. The maximum atomic E-state index is 11.2. The van der Waals surface area contributed by atoms with Gasteiger partial charge in [0.05, 0.1) is 7.11 Å². The molecule has 0 amide bonds. The van der Waals surface area contributed by atoms with Crippen LogP contribution >= 0.6 is 0 Å². The van der Waals surface area contributed by atoms with Gasteiger partial charge >= 0.3 is 6.01 Å². The van der Waals surface area contributed by atoms with Crippen molar-refractivity contribution < 1.29 is 14.6 Å². The molecule has 0 spiro atoms. The number of ether oxygens (including phenoxy) is 1. The molecule has 86 valence electrons. The second-order valence-electron chi connectivity index (χ2n) is 3.96. The van der Waals surface area contributed by atoms with Crippen LogP contribution in [0.1, 0.15) is 30.7 Å².